The minimum atomic E-state index is -0.846. The summed E-state index contributed by atoms with van der Waals surface area (Å²) in [6, 6.07) is 6.45. The minimum Gasteiger partial charge on any atom is -0.481 e. The van der Waals surface area contributed by atoms with Gasteiger partial charge in [0, 0.05) is 5.92 Å². The van der Waals surface area contributed by atoms with Gasteiger partial charge in [-0.25, -0.2) is 4.39 Å². The van der Waals surface area contributed by atoms with Gasteiger partial charge < -0.3 is 5.11 Å². The van der Waals surface area contributed by atoms with Crippen LogP contribution in [-0.2, 0) is 4.79 Å². The highest BCUT2D eigenvalue weighted by Crippen LogP contribution is 2.64. The molecule has 1 aromatic rings. The first-order valence-corrected chi connectivity index (χ1v) is 9.39. The SMILES string of the molecule is CCCCCC12CCC(C(=O)O)(CC1)C(c1ccc(C#N)cc1F)C2. The Morgan fingerprint density at radius 1 is 1.32 bits per heavy atom. The van der Waals surface area contributed by atoms with E-state index in [0.717, 1.165) is 25.7 Å². The number of carboxylic acids is 1. The molecular formula is C21H26FNO2. The van der Waals surface area contributed by atoms with Gasteiger partial charge in [-0.15, -0.1) is 0 Å². The maximum absolute atomic E-state index is 14.7. The third kappa shape index (κ3) is 3.05. The molecule has 25 heavy (non-hydrogen) atoms. The summed E-state index contributed by atoms with van der Waals surface area (Å²) >= 11 is 0. The first kappa shape index (κ1) is 17.9. The molecule has 1 N–H and O–H groups in total. The molecule has 0 amide bonds. The fraction of sp³-hybridized carbons (Fsp3) is 0.619. The van der Waals surface area contributed by atoms with Crippen LogP contribution in [0.1, 0.15) is 81.8 Å². The number of hydrogen-bond acceptors (Lipinski definition) is 2. The van der Waals surface area contributed by atoms with Crippen LogP contribution in [-0.4, -0.2) is 11.1 Å². The largest absolute Gasteiger partial charge is 0.481 e. The third-order valence-electron chi connectivity index (χ3n) is 6.75. The summed E-state index contributed by atoms with van der Waals surface area (Å²) in [6.07, 6.45) is 8.56. The Kier molecular flexibility index (Phi) is 4.86. The number of unbranched alkanes of at least 4 members (excludes halogenated alkanes) is 2. The van der Waals surface area contributed by atoms with Crippen molar-refractivity contribution in [1.29, 1.82) is 5.26 Å². The number of carboxylic acid groups (broad SMARTS) is 1. The van der Waals surface area contributed by atoms with Crippen LogP contribution >= 0.6 is 0 Å². The Morgan fingerprint density at radius 2 is 2.04 bits per heavy atom. The van der Waals surface area contributed by atoms with E-state index in [1.807, 2.05) is 6.07 Å². The molecule has 0 saturated heterocycles. The Bertz CT molecular complexity index is 698. The van der Waals surface area contributed by atoms with E-state index in [9.17, 15) is 14.3 Å². The minimum absolute atomic E-state index is 0.164. The van der Waals surface area contributed by atoms with E-state index < -0.39 is 17.2 Å². The summed E-state index contributed by atoms with van der Waals surface area (Å²) in [7, 11) is 0. The van der Waals surface area contributed by atoms with Crippen LogP contribution in [0, 0.1) is 28.0 Å². The summed E-state index contributed by atoms with van der Waals surface area (Å²) < 4.78 is 14.7. The van der Waals surface area contributed by atoms with E-state index in [1.54, 1.807) is 12.1 Å². The lowest BCUT2D eigenvalue weighted by Crippen LogP contribution is -2.51. The molecule has 0 radical (unpaired) electrons. The molecule has 0 heterocycles. The molecule has 0 aliphatic heterocycles. The fourth-order valence-electron chi connectivity index (χ4n) is 5.16. The van der Waals surface area contributed by atoms with Crippen molar-refractivity contribution in [3.05, 3.63) is 35.1 Å². The van der Waals surface area contributed by atoms with E-state index in [4.69, 9.17) is 5.26 Å². The van der Waals surface area contributed by atoms with Crippen LogP contribution in [0.3, 0.4) is 0 Å². The number of nitrogens with zero attached hydrogens (tertiary/aromatic N) is 1. The van der Waals surface area contributed by atoms with Crippen molar-refractivity contribution >= 4 is 5.97 Å². The maximum Gasteiger partial charge on any atom is 0.310 e. The highest BCUT2D eigenvalue weighted by molar-refractivity contribution is 5.77. The summed E-state index contributed by atoms with van der Waals surface area (Å²) in [5.74, 6) is -1.51. The third-order valence-corrected chi connectivity index (χ3v) is 6.75. The molecule has 3 aliphatic rings. The van der Waals surface area contributed by atoms with E-state index in [1.165, 1.54) is 25.3 Å². The van der Waals surface area contributed by atoms with Gasteiger partial charge in [-0.3, -0.25) is 4.79 Å². The van der Waals surface area contributed by atoms with Gasteiger partial charge in [-0.2, -0.15) is 5.26 Å². The van der Waals surface area contributed by atoms with Crippen LogP contribution in [0.4, 0.5) is 4.39 Å². The van der Waals surface area contributed by atoms with Crippen molar-refractivity contribution in [1.82, 2.24) is 0 Å². The lowest BCUT2D eigenvalue weighted by Gasteiger charge is -2.56. The predicted molar refractivity (Wildman–Crippen MR) is 93.6 cm³/mol. The number of carbonyl (C=O) groups is 1. The Balaban J connectivity index is 1.95. The number of fused-ring (bicyclic) bond motifs is 3. The fourth-order valence-corrected chi connectivity index (χ4v) is 5.16. The zero-order valence-corrected chi connectivity index (χ0v) is 14.9. The summed E-state index contributed by atoms with van der Waals surface area (Å²) in [5.41, 5.74) is 0.0868. The number of aliphatic carboxylic acids is 1. The molecule has 0 aromatic heterocycles. The van der Waals surface area contributed by atoms with Gasteiger partial charge in [0.05, 0.1) is 17.0 Å². The maximum atomic E-state index is 14.7. The molecular weight excluding hydrogens is 317 g/mol. The zero-order valence-electron chi connectivity index (χ0n) is 14.9. The van der Waals surface area contributed by atoms with Gasteiger partial charge >= 0.3 is 5.97 Å². The average molecular weight is 343 g/mol. The molecule has 3 aliphatic carbocycles. The highest BCUT2D eigenvalue weighted by Gasteiger charge is 2.58. The molecule has 3 saturated carbocycles. The van der Waals surface area contributed by atoms with Crippen molar-refractivity contribution in [2.24, 2.45) is 10.8 Å². The van der Waals surface area contributed by atoms with Crippen LogP contribution in [0.25, 0.3) is 0 Å². The molecule has 2 bridgehead atoms. The first-order valence-electron chi connectivity index (χ1n) is 9.39. The van der Waals surface area contributed by atoms with E-state index in [2.05, 4.69) is 6.92 Å². The van der Waals surface area contributed by atoms with Crippen LogP contribution in [0.15, 0.2) is 18.2 Å². The van der Waals surface area contributed by atoms with E-state index in [-0.39, 0.29) is 16.9 Å². The summed E-state index contributed by atoms with van der Waals surface area (Å²) in [4.78, 5) is 12.1. The predicted octanol–water partition coefficient (Wildman–Crippen LogP) is 5.40. The molecule has 1 unspecified atom stereocenters. The smallest absolute Gasteiger partial charge is 0.310 e. The van der Waals surface area contributed by atoms with Gasteiger partial charge in [0.25, 0.3) is 0 Å². The lowest BCUT2D eigenvalue weighted by molar-refractivity contribution is -0.162. The van der Waals surface area contributed by atoms with Gasteiger partial charge in [-0.05, 0) is 61.6 Å². The number of nitriles is 1. The molecule has 1 aromatic carbocycles. The van der Waals surface area contributed by atoms with Crippen LogP contribution in [0.2, 0.25) is 0 Å². The van der Waals surface area contributed by atoms with Crippen LogP contribution in [0.5, 0.6) is 0 Å². The first-order chi connectivity index (χ1) is 12.0. The van der Waals surface area contributed by atoms with Crippen molar-refractivity contribution < 1.29 is 14.3 Å². The second-order valence-electron chi connectivity index (χ2n) is 8.02. The average Bonchev–Trinajstić information content (AvgIpc) is 2.62. The van der Waals surface area contributed by atoms with E-state index in [0.29, 0.717) is 18.4 Å². The highest BCUT2D eigenvalue weighted by atomic mass is 19.1. The van der Waals surface area contributed by atoms with Gasteiger partial charge in [0.15, 0.2) is 0 Å². The summed E-state index contributed by atoms with van der Waals surface area (Å²) in [5, 5.41) is 18.9. The number of halogens is 1. The van der Waals surface area contributed by atoms with Crippen molar-refractivity contribution in [2.45, 2.75) is 70.6 Å². The van der Waals surface area contributed by atoms with Gasteiger partial charge in [0.2, 0.25) is 0 Å². The Morgan fingerprint density at radius 3 is 2.60 bits per heavy atom. The summed E-state index contributed by atoms with van der Waals surface area (Å²) in [6.45, 7) is 2.18. The van der Waals surface area contributed by atoms with Gasteiger partial charge in [0.1, 0.15) is 5.82 Å². The zero-order chi connectivity index (χ0) is 18.1. The van der Waals surface area contributed by atoms with Gasteiger partial charge in [-0.1, -0.05) is 32.3 Å². The molecule has 4 rings (SSSR count). The molecule has 134 valence electrons. The molecule has 4 heteroatoms. The quantitative estimate of drug-likeness (QED) is 0.704. The second kappa shape index (κ2) is 6.78. The standard InChI is InChI=1S/C21H26FNO2/c1-2-3-4-7-20-8-10-21(11-9-20,19(24)25)17(13-20)16-6-5-15(14-23)12-18(16)22/h5-6,12,17H,2-4,7-11,13H2,1H3,(H,24,25). The van der Waals surface area contributed by atoms with Crippen molar-refractivity contribution in [3.63, 3.8) is 0 Å². The number of hydrogen-bond donors (Lipinski definition) is 1. The van der Waals surface area contributed by atoms with E-state index >= 15 is 0 Å². The Hall–Kier alpha value is -1.89. The van der Waals surface area contributed by atoms with Crippen molar-refractivity contribution in [2.75, 3.05) is 0 Å². The molecule has 3 nitrogen and oxygen atoms in total. The second-order valence-corrected chi connectivity index (χ2v) is 8.02. The molecule has 3 fully saturated rings. The van der Waals surface area contributed by atoms with Crippen LogP contribution < -0.4 is 0 Å². The van der Waals surface area contributed by atoms with Crippen molar-refractivity contribution in [3.8, 4) is 6.07 Å². The number of rotatable bonds is 6. The monoisotopic (exact) mass is 343 g/mol. The molecule has 0 spiro atoms. The topological polar surface area (TPSA) is 61.1 Å². The molecule has 1 atom stereocenters. The Labute approximate surface area is 148 Å². The normalized spacial score (nSPS) is 30.8. The lowest BCUT2D eigenvalue weighted by atomic mass is 9.47. The number of benzene rings is 1.